The van der Waals surface area contributed by atoms with E-state index in [1.807, 2.05) is 24.3 Å². The maximum Gasteiger partial charge on any atom is 0.260 e. The van der Waals surface area contributed by atoms with Gasteiger partial charge in [0.1, 0.15) is 0 Å². The molecule has 0 unspecified atom stereocenters. The minimum Gasteiger partial charge on any atom is -0.275 e. The summed E-state index contributed by atoms with van der Waals surface area (Å²) in [6, 6.07) is 7.75. The van der Waals surface area contributed by atoms with Crippen molar-refractivity contribution in [3.05, 3.63) is 40.3 Å². The number of benzene rings is 1. The predicted octanol–water partition coefficient (Wildman–Crippen LogP) is 3.61. The van der Waals surface area contributed by atoms with E-state index in [2.05, 4.69) is 0 Å². The third kappa shape index (κ3) is 1.70. The maximum atomic E-state index is 11.0. The lowest BCUT2D eigenvalue weighted by Gasteiger charge is -2.16. The summed E-state index contributed by atoms with van der Waals surface area (Å²) < 4.78 is 0. The molecule has 4 heteroatoms. The van der Waals surface area contributed by atoms with Crippen molar-refractivity contribution in [3.63, 3.8) is 0 Å². The molecular formula is C10H6Cl2OS. The van der Waals surface area contributed by atoms with Gasteiger partial charge in [-0.05, 0) is 22.7 Å². The van der Waals surface area contributed by atoms with E-state index in [1.165, 1.54) is 11.8 Å². The van der Waals surface area contributed by atoms with Gasteiger partial charge in [0.2, 0.25) is 0 Å². The molecule has 1 nitrogen and oxygen atoms in total. The zero-order valence-electron chi connectivity index (χ0n) is 7.09. The first-order valence-corrected chi connectivity index (χ1v) is 5.75. The number of rotatable bonds is 1. The molecule has 0 spiro atoms. The summed E-state index contributed by atoms with van der Waals surface area (Å²) in [5.41, 5.74) is 2.06. The Morgan fingerprint density at radius 3 is 2.79 bits per heavy atom. The Kier molecular flexibility index (Phi) is 2.86. The normalized spacial score (nSPS) is 15.3. The van der Waals surface area contributed by atoms with E-state index >= 15 is 0 Å². The third-order valence-electron chi connectivity index (χ3n) is 2.00. The Hall–Kier alpha value is -0.440. The van der Waals surface area contributed by atoms with Crippen LogP contribution in [0.1, 0.15) is 11.1 Å². The van der Waals surface area contributed by atoms with Crippen LogP contribution in [0, 0.1) is 0 Å². The average Bonchev–Trinajstić information content (AvgIpc) is 2.18. The van der Waals surface area contributed by atoms with E-state index in [4.69, 9.17) is 23.2 Å². The molecule has 0 saturated carbocycles. The number of fused-ring (bicyclic) bond motifs is 1. The zero-order valence-corrected chi connectivity index (χ0v) is 9.42. The molecular weight excluding hydrogens is 239 g/mol. The van der Waals surface area contributed by atoms with Gasteiger partial charge in [-0.15, -0.1) is 11.8 Å². The summed E-state index contributed by atoms with van der Waals surface area (Å²) in [7, 11) is 0. The van der Waals surface area contributed by atoms with Crippen LogP contribution < -0.4 is 0 Å². The van der Waals surface area contributed by atoms with Gasteiger partial charge in [0, 0.05) is 5.75 Å². The molecule has 0 atom stereocenters. The lowest BCUT2D eigenvalue weighted by atomic mass is 10.1. The summed E-state index contributed by atoms with van der Waals surface area (Å²) in [6.07, 6.45) is 0. The summed E-state index contributed by atoms with van der Waals surface area (Å²) in [5, 5.41) is -0.00801. The molecule has 0 aliphatic carbocycles. The molecule has 14 heavy (non-hydrogen) atoms. The number of allylic oxidation sites excluding steroid dienone is 1. The van der Waals surface area contributed by atoms with E-state index in [0.717, 1.165) is 16.9 Å². The van der Waals surface area contributed by atoms with Crippen molar-refractivity contribution in [2.24, 2.45) is 0 Å². The quantitative estimate of drug-likeness (QED) is 0.703. The van der Waals surface area contributed by atoms with Crippen molar-refractivity contribution in [2.75, 3.05) is 0 Å². The first kappa shape index (κ1) is 10.1. The second kappa shape index (κ2) is 3.97. The first-order chi connectivity index (χ1) is 6.70. The van der Waals surface area contributed by atoms with Crippen LogP contribution >= 0.6 is 35.0 Å². The summed E-state index contributed by atoms with van der Waals surface area (Å²) in [4.78, 5) is 11.5. The summed E-state index contributed by atoms with van der Waals surface area (Å²) in [6.45, 7) is 0. The number of hydrogen-bond donors (Lipinski definition) is 0. The Morgan fingerprint density at radius 1 is 1.36 bits per heavy atom. The molecule has 1 aromatic carbocycles. The van der Waals surface area contributed by atoms with Crippen LogP contribution in [0.3, 0.4) is 0 Å². The highest BCUT2D eigenvalue weighted by Crippen LogP contribution is 2.40. The molecule has 2 rings (SSSR count). The highest BCUT2D eigenvalue weighted by molar-refractivity contribution is 8.03. The van der Waals surface area contributed by atoms with Crippen LogP contribution in [0.15, 0.2) is 29.2 Å². The van der Waals surface area contributed by atoms with Gasteiger partial charge in [0.05, 0.1) is 9.94 Å². The van der Waals surface area contributed by atoms with Crippen molar-refractivity contribution in [2.45, 2.75) is 5.75 Å². The monoisotopic (exact) mass is 244 g/mol. The molecule has 0 bridgehead atoms. The van der Waals surface area contributed by atoms with E-state index < -0.39 is 5.24 Å². The third-order valence-corrected chi connectivity index (χ3v) is 3.94. The van der Waals surface area contributed by atoms with Crippen molar-refractivity contribution in [1.29, 1.82) is 0 Å². The van der Waals surface area contributed by atoms with E-state index in [9.17, 15) is 4.79 Å². The zero-order chi connectivity index (χ0) is 10.1. The second-order valence-corrected chi connectivity index (χ2v) is 4.57. The van der Waals surface area contributed by atoms with Crippen LogP contribution in [0.25, 0.3) is 5.03 Å². The maximum absolute atomic E-state index is 11.0. The fraction of sp³-hybridized carbons (Fsp3) is 0.100. The fourth-order valence-electron chi connectivity index (χ4n) is 1.34. The lowest BCUT2D eigenvalue weighted by molar-refractivity contribution is -0.107. The van der Waals surface area contributed by atoms with Crippen LogP contribution in [0.4, 0.5) is 0 Å². The highest BCUT2D eigenvalue weighted by atomic mass is 35.5. The molecule has 72 valence electrons. The largest absolute Gasteiger partial charge is 0.275 e. The molecule has 1 aromatic rings. The molecule has 1 heterocycles. The van der Waals surface area contributed by atoms with Crippen molar-refractivity contribution >= 4 is 45.2 Å². The number of thioether (sulfide) groups is 1. The van der Waals surface area contributed by atoms with Crippen LogP contribution in [-0.2, 0) is 10.5 Å². The Labute approximate surface area is 96.1 Å². The molecule has 0 fully saturated rings. The van der Waals surface area contributed by atoms with Gasteiger partial charge in [-0.2, -0.15) is 0 Å². The van der Waals surface area contributed by atoms with E-state index in [0.29, 0.717) is 9.94 Å². The minimum atomic E-state index is -0.477. The number of carbonyl (C=O) groups excluding carboxylic acids is 1. The SMILES string of the molecule is O=C(Cl)C1=C(Cl)c2ccccc2CS1. The molecule has 0 radical (unpaired) electrons. The fourth-order valence-corrected chi connectivity index (χ4v) is 2.98. The Balaban J connectivity index is 2.56. The number of carbonyl (C=O) groups is 1. The van der Waals surface area contributed by atoms with E-state index in [-0.39, 0.29) is 0 Å². The van der Waals surface area contributed by atoms with Crippen LogP contribution in [-0.4, -0.2) is 5.24 Å². The first-order valence-electron chi connectivity index (χ1n) is 4.01. The number of halogens is 2. The van der Waals surface area contributed by atoms with Gasteiger partial charge in [0.15, 0.2) is 0 Å². The highest BCUT2D eigenvalue weighted by Gasteiger charge is 2.21. The van der Waals surface area contributed by atoms with Gasteiger partial charge >= 0.3 is 0 Å². The van der Waals surface area contributed by atoms with Gasteiger partial charge in [0.25, 0.3) is 5.24 Å². The van der Waals surface area contributed by atoms with E-state index in [1.54, 1.807) is 0 Å². The molecule has 0 amide bonds. The van der Waals surface area contributed by atoms with Gasteiger partial charge in [-0.1, -0.05) is 35.9 Å². The van der Waals surface area contributed by atoms with Crippen LogP contribution in [0.5, 0.6) is 0 Å². The molecule has 0 saturated heterocycles. The molecule has 0 aromatic heterocycles. The van der Waals surface area contributed by atoms with Crippen LogP contribution in [0.2, 0.25) is 0 Å². The Morgan fingerprint density at radius 2 is 2.07 bits per heavy atom. The van der Waals surface area contributed by atoms with Crippen molar-refractivity contribution in [1.82, 2.24) is 0 Å². The summed E-state index contributed by atoms with van der Waals surface area (Å²) >= 11 is 12.9. The van der Waals surface area contributed by atoms with Crippen molar-refractivity contribution in [3.8, 4) is 0 Å². The van der Waals surface area contributed by atoms with Gasteiger partial charge in [-0.25, -0.2) is 0 Å². The Bertz CT molecular complexity index is 426. The minimum absolute atomic E-state index is 0.451. The smallest absolute Gasteiger partial charge is 0.260 e. The topological polar surface area (TPSA) is 17.1 Å². The molecule has 1 aliphatic rings. The lowest BCUT2D eigenvalue weighted by Crippen LogP contribution is -2.01. The van der Waals surface area contributed by atoms with Crippen molar-refractivity contribution < 1.29 is 4.79 Å². The van der Waals surface area contributed by atoms with Gasteiger partial charge in [-0.3, -0.25) is 4.79 Å². The summed E-state index contributed by atoms with van der Waals surface area (Å²) in [5.74, 6) is 0.750. The standard InChI is InChI=1S/C10H6Cl2OS/c11-8-7-4-2-1-3-6(7)5-14-9(8)10(12)13/h1-4H,5H2. The number of hydrogen-bond acceptors (Lipinski definition) is 2. The van der Waals surface area contributed by atoms with Gasteiger partial charge < -0.3 is 0 Å². The predicted molar refractivity (Wildman–Crippen MR) is 61.4 cm³/mol. The molecule has 1 aliphatic heterocycles. The molecule has 0 N–H and O–H groups in total. The second-order valence-electron chi connectivity index (χ2n) is 2.86. The average molecular weight is 245 g/mol.